The van der Waals surface area contributed by atoms with Crippen LogP contribution in [-0.2, 0) is 4.74 Å². The molecule has 2 aromatic rings. The van der Waals surface area contributed by atoms with Gasteiger partial charge >= 0.3 is 0 Å². The lowest BCUT2D eigenvalue weighted by Gasteiger charge is -2.29. The van der Waals surface area contributed by atoms with Gasteiger partial charge < -0.3 is 25.0 Å². The fraction of sp³-hybridized carbons (Fsp3) is 0.440. The largest absolute Gasteiger partial charge is 0.391 e. The summed E-state index contributed by atoms with van der Waals surface area (Å²) in [6, 6.07) is 5.06. The quantitative estimate of drug-likeness (QED) is 0.391. The minimum Gasteiger partial charge on any atom is -0.391 e. The number of aliphatic hydroxyl groups excluding tert-OH is 1. The number of pyridine rings is 1. The lowest BCUT2D eigenvalue weighted by atomic mass is 10.0. The maximum absolute atomic E-state index is 14.7. The normalized spacial score (nSPS) is 24.4. The Kier molecular flexibility index (Phi) is 5.81. The number of aliphatic hydroxyl groups is 1. The number of anilines is 1. The third-order valence-corrected chi connectivity index (χ3v) is 7.26. The number of nitrogens with zero attached hydrogens (tertiary/aromatic N) is 5. The Labute approximate surface area is 206 Å². The molecule has 4 atom stereocenters. The van der Waals surface area contributed by atoms with Crippen LogP contribution in [0.2, 0.25) is 0 Å². The van der Waals surface area contributed by atoms with Crippen molar-refractivity contribution < 1.29 is 19.0 Å². The summed E-state index contributed by atoms with van der Waals surface area (Å²) in [5.41, 5.74) is 2.96. The molecule has 188 valence electrons. The van der Waals surface area contributed by atoms with Crippen molar-refractivity contribution in [2.75, 3.05) is 25.6 Å². The number of ether oxygens (including phenoxy) is 1. The zero-order valence-electron chi connectivity index (χ0n) is 19.9. The summed E-state index contributed by atoms with van der Waals surface area (Å²) in [6.45, 7) is 0.588. The molecular formula is C25H28FN7O3. The highest BCUT2D eigenvalue weighted by molar-refractivity contribution is 6.00. The van der Waals surface area contributed by atoms with Gasteiger partial charge in [0.2, 0.25) is 0 Å². The number of nitrogens with one attached hydrogen (secondary N) is 2. The van der Waals surface area contributed by atoms with Crippen molar-refractivity contribution in [3.8, 4) is 22.6 Å². The number of hydrogen-bond acceptors (Lipinski definition) is 7. The fourth-order valence-electron chi connectivity index (χ4n) is 5.33. The van der Waals surface area contributed by atoms with E-state index in [-0.39, 0.29) is 24.6 Å². The van der Waals surface area contributed by atoms with E-state index in [0.29, 0.717) is 48.0 Å². The fourth-order valence-corrected chi connectivity index (χ4v) is 5.33. The van der Waals surface area contributed by atoms with Gasteiger partial charge in [-0.25, -0.2) is 14.4 Å². The van der Waals surface area contributed by atoms with Crippen molar-refractivity contribution in [1.82, 2.24) is 29.5 Å². The lowest BCUT2D eigenvalue weighted by molar-refractivity contribution is 0.00346. The van der Waals surface area contributed by atoms with Crippen LogP contribution in [-0.4, -0.2) is 73.7 Å². The first kappa shape index (κ1) is 22.9. The Morgan fingerprint density at radius 2 is 2.14 bits per heavy atom. The molecule has 4 aliphatic rings. The van der Waals surface area contributed by atoms with E-state index in [2.05, 4.69) is 20.7 Å². The van der Waals surface area contributed by atoms with Crippen molar-refractivity contribution in [2.45, 2.75) is 50.0 Å². The maximum Gasteiger partial charge on any atom is 0.257 e. The molecule has 1 aliphatic carbocycles. The number of halogens is 1. The second-order valence-electron chi connectivity index (χ2n) is 9.42. The summed E-state index contributed by atoms with van der Waals surface area (Å²) in [5.74, 6) is 1.01. The number of rotatable bonds is 5. The van der Waals surface area contributed by atoms with Crippen molar-refractivity contribution in [1.29, 1.82) is 0 Å². The van der Waals surface area contributed by atoms with Crippen molar-refractivity contribution in [3.63, 3.8) is 0 Å². The second-order valence-corrected chi connectivity index (χ2v) is 9.42. The van der Waals surface area contributed by atoms with Gasteiger partial charge in [0.25, 0.3) is 5.91 Å². The summed E-state index contributed by atoms with van der Waals surface area (Å²) in [5, 5.41) is 20.6. The van der Waals surface area contributed by atoms with Crippen LogP contribution in [0.3, 0.4) is 0 Å². The van der Waals surface area contributed by atoms with Gasteiger partial charge in [0.05, 0.1) is 36.7 Å². The molecule has 0 radical (unpaired) electrons. The Bertz CT molecular complexity index is 1390. The van der Waals surface area contributed by atoms with Gasteiger partial charge in [-0.1, -0.05) is 0 Å². The molecule has 0 unspecified atom stereocenters. The van der Waals surface area contributed by atoms with E-state index >= 15 is 0 Å². The Morgan fingerprint density at radius 1 is 1.25 bits per heavy atom. The van der Waals surface area contributed by atoms with Crippen molar-refractivity contribution in [2.24, 2.45) is 0 Å². The van der Waals surface area contributed by atoms with E-state index in [1.165, 1.54) is 6.20 Å². The zero-order chi connectivity index (χ0) is 24.8. The van der Waals surface area contributed by atoms with Gasteiger partial charge in [0.15, 0.2) is 5.65 Å². The van der Waals surface area contributed by atoms with Gasteiger partial charge in [-0.2, -0.15) is 9.61 Å². The number of alkyl halides is 1. The first-order valence-electron chi connectivity index (χ1n) is 12.3. The molecule has 2 fully saturated rings. The molecular weight excluding hydrogens is 465 g/mol. The summed E-state index contributed by atoms with van der Waals surface area (Å²) in [6.07, 6.45) is 6.31. The molecule has 0 spiro atoms. The monoisotopic (exact) mass is 493 g/mol. The van der Waals surface area contributed by atoms with Gasteiger partial charge in [-0.3, -0.25) is 4.79 Å². The molecule has 0 aromatic carbocycles. The predicted molar refractivity (Wildman–Crippen MR) is 131 cm³/mol. The molecule has 0 bridgehead atoms. The Hall–Kier alpha value is -3.57. The van der Waals surface area contributed by atoms with Crippen LogP contribution >= 0.6 is 0 Å². The van der Waals surface area contributed by atoms with E-state index in [9.17, 15) is 14.3 Å². The van der Waals surface area contributed by atoms with Gasteiger partial charge in [0, 0.05) is 43.2 Å². The van der Waals surface area contributed by atoms with E-state index in [0.717, 1.165) is 24.0 Å². The second kappa shape index (κ2) is 9.14. The maximum atomic E-state index is 14.7. The highest BCUT2D eigenvalue weighted by Crippen LogP contribution is 2.37. The first-order chi connectivity index (χ1) is 17.5. The molecule has 5 heterocycles. The van der Waals surface area contributed by atoms with Crippen LogP contribution in [0, 0.1) is 0 Å². The Balaban J connectivity index is 1.39. The molecule has 10 nitrogen and oxygen atoms in total. The number of carbonyl (C=O) groups excluding carboxylic acids is 1. The van der Waals surface area contributed by atoms with Crippen LogP contribution in [0.4, 0.5) is 10.2 Å². The summed E-state index contributed by atoms with van der Waals surface area (Å²) < 4.78 is 23.4. The average Bonchev–Trinajstić information content (AvgIpc) is 3.62. The Morgan fingerprint density at radius 3 is 2.92 bits per heavy atom. The summed E-state index contributed by atoms with van der Waals surface area (Å²) in [7, 11) is 1.77. The predicted octanol–water partition coefficient (Wildman–Crippen LogP) is 2.68. The molecule has 36 heavy (non-hydrogen) atoms. The number of amides is 1. The molecule has 1 saturated heterocycles. The third-order valence-electron chi connectivity index (χ3n) is 7.26. The molecule has 1 amide bonds. The minimum atomic E-state index is -1.11. The molecule has 3 N–H and O–H groups in total. The van der Waals surface area contributed by atoms with Crippen molar-refractivity contribution >= 4 is 17.4 Å². The van der Waals surface area contributed by atoms with E-state index in [4.69, 9.17) is 9.72 Å². The van der Waals surface area contributed by atoms with Crippen LogP contribution in [0.25, 0.3) is 28.3 Å². The molecule has 6 rings (SSSR count). The number of hydrogen-bond donors (Lipinski definition) is 3. The standard InChI is InChI=1S/C25H28FN7O3/c1-27-22-10-19(30-24-16(12-29-33(22)24)25(35)31-18-5-2-6-21(18)34)15-11-28-23-14(15)4-3-8-32(23)20-7-9-36-13-17(20)26/h3-4,8,10-12,17-18,20-21,27,34H,2,5-7,9,13H2,1H3,(H,31,35)/t17-,18-,20+,21+/m0/s1. The lowest BCUT2D eigenvalue weighted by Crippen LogP contribution is -2.39. The summed E-state index contributed by atoms with van der Waals surface area (Å²) >= 11 is 0. The third kappa shape index (κ3) is 3.79. The van der Waals surface area contributed by atoms with Crippen molar-refractivity contribution in [3.05, 3.63) is 42.4 Å². The van der Waals surface area contributed by atoms with Crippen LogP contribution < -0.4 is 10.6 Å². The van der Waals surface area contributed by atoms with Crippen LogP contribution in [0.15, 0.2) is 36.8 Å². The smallest absolute Gasteiger partial charge is 0.257 e. The molecule has 2 aromatic heterocycles. The molecule has 1 saturated carbocycles. The highest BCUT2D eigenvalue weighted by atomic mass is 19.1. The van der Waals surface area contributed by atoms with E-state index in [1.54, 1.807) is 17.8 Å². The summed E-state index contributed by atoms with van der Waals surface area (Å²) in [4.78, 5) is 22.5. The molecule has 11 heteroatoms. The first-order valence-corrected chi connectivity index (χ1v) is 12.3. The van der Waals surface area contributed by atoms with Gasteiger partial charge in [0.1, 0.15) is 23.4 Å². The number of fused-ring (bicyclic) bond motifs is 2. The number of aromatic nitrogens is 5. The van der Waals surface area contributed by atoms with E-state index in [1.807, 2.05) is 29.0 Å². The van der Waals surface area contributed by atoms with Gasteiger partial charge in [-0.15, -0.1) is 0 Å². The topological polar surface area (TPSA) is 119 Å². The average molecular weight is 494 g/mol. The number of carbonyl (C=O) groups is 1. The van der Waals surface area contributed by atoms with Gasteiger partial charge in [-0.05, 0) is 37.8 Å². The zero-order valence-corrected chi connectivity index (χ0v) is 19.9. The van der Waals surface area contributed by atoms with Crippen LogP contribution in [0.5, 0.6) is 0 Å². The van der Waals surface area contributed by atoms with E-state index < -0.39 is 12.3 Å². The molecule has 3 aliphatic heterocycles. The highest BCUT2D eigenvalue weighted by Gasteiger charge is 2.31. The van der Waals surface area contributed by atoms with Crippen LogP contribution in [0.1, 0.15) is 42.1 Å². The minimum absolute atomic E-state index is 0.0787. The SMILES string of the molecule is CNc1cc(-c2cnc3n([C@@H]4CCOC[C@@H]4F)cccc2-3)nc2c(C(=O)N[C@H]3CCC[C@H]3O)cnn12.